The van der Waals surface area contributed by atoms with E-state index in [4.69, 9.17) is 20.7 Å². The van der Waals surface area contributed by atoms with E-state index >= 15 is 0 Å². The fourth-order valence-electron chi connectivity index (χ4n) is 0.701. The van der Waals surface area contributed by atoms with Crippen molar-refractivity contribution in [1.29, 1.82) is 0 Å². The number of aliphatic hydroxyl groups excluding tert-OH is 2. The first-order valence-electron chi connectivity index (χ1n) is 4.40. The van der Waals surface area contributed by atoms with Crippen LogP contribution in [-0.2, 0) is 9.53 Å². The van der Waals surface area contributed by atoms with Crippen molar-refractivity contribution in [1.82, 2.24) is 0 Å². The number of rotatable bonds is 7. The number of hydrogen-bond acceptors (Lipinski definition) is 6. The second-order valence-electron chi connectivity index (χ2n) is 2.73. The van der Waals surface area contributed by atoms with Crippen molar-refractivity contribution in [2.45, 2.75) is 19.1 Å². The van der Waals surface area contributed by atoms with Gasteiger partial charge in [0.2, 0.25) is 0 Å². The molecule has 6 heteroatoms. The van der Waals surface area contributed by atoms with E-state index in [2.05, 4.69) is 0 Å². The van der Waals surface area contributed by atoms with E-state index < -0.39 is 18.1 Å². The molecular weight excluding hydrogens is 206 g/mol. The Morgan fingerprint density at radius 3 is 2.71 bits per heavy atom. The van der Waals surface area contributed by atoms with Crippen LogP contribution in [0.15, 0.2) is 0 Å². The molecule has 0 bridgehead atoms. The molecule has 0 aromatic heterocycles. The molecule has 0 aliphatic carbocycles. The SMILES string of the molecule is CCOC(=O)C(N)CSCC(O)CO. The van der Waals surface area contributed by atoms with Gasteiger partial charge in [0, 0.05) is 11.5 Å². The number of carbonyl (C=O) groups excluding carboxylic acids is 1. The summed E-state index contributed by atoms with van der Waals surface area (Å²) in [5.74, 6) is 0.318. The van der Waals surface area contributed by atoms with Crippen molar-refractivity contribution in [2.75, 3.05) is 24.7 Å². The minimum Gasteiger partial charge on any atom is -0.465 e. The standard InChI is InChI=1S/C8H17NO4S/c1-2-13-8(12)7(9)5-14-4-6(11)3-10/h6-7,10-11H,2-5,9H2,1H3. The van der Waals surface area contributed by atoms with Crippen LogP contribution < -0.4 is 5.73 Å². The second kappa shape index (κ2) is 8.05. The molecule has 5 nitrogen and oxygen atoms in total. The largest absolute Gasteiger partial charge is 0.465 e. The maximum absolute atomic E-state index is 11.0. The van der Waals surface area contributed by atoms with Gasteiger partial charge in [-0.2, -0.15) is 11.8 Å². The molecule has 0 aromatic carbocycles. The monoisotopic (exact) mass is 223 g/mol. The van der Waals surface area contributed by atoms with Crippen LogP contribution in [0.5, 0.6) is 0 Å². The van der Waals surface area contributed by atoms with E-state index in [1.807, 2.05) is 0 Å². The van der Waals surface area contributed by atoms with Gasteiger partial charge < -0.3 is 20.7 Å². The van der Waals surface area contributed by atoms with Crippen LogP contribution in [0, 0.1) is 0 Å². The highest BCUT2D eigenvalue weighted by Gasteiger charge is 2.14. The van der Waals surface area contributed by atoms with E-state index in [1.165, 1.54) is 11.8 Å². The molecule has 4 N–H and O–H groups in total. The van der Waals surface area contributed by atoms with Gasteiger partial charge in [0.15, 0.2) is 0 Å². The highest BCUT2D eigenvalue weighted by Crippen LogP contribution is 2.05. The maximum Gasteiger partial charge on any atom is 0.323 e. The molecule has 0 amide bonds. The first-order chi connectivity index (χ1) is 6.61. The quantitative estimate of drug-likeness (QED) is 0.478. The van der Waals surface area contributed by atoms with Gasteiger partial charge in [-0.3, -0.25) is 4.79 Å². The van der Waals surface area contributed by atoms with E-state index in [0.717, 1.165) is 0 Å². The van der Waals surface area contributed by atoms with Crippen LogP contribution in [0.3, 0.4) is 0 Å². The summed E-state index contributed by atoms with van der Waals surface area (Å²) in [6, 6.07) is -0.661. The maximum atomic E-state index is 11.0. The molecule has 0 fully saturated rings. The van der Waals surface area contributed by atoms with Gasteiger partial charge in [0.05, 0.1) is 19.3 Å². The lowest BCUT2D eigenvalue weighted by Gasteiger charge is -2.11. The fourth-order valence-corrected chi connectivity index (χ4v) is 1.60. The minimum atomic E-state index is -0.755. The van der Waals surface area contributed by atoms with Gasteiger partial charge in [0.1, 0.15) is 6.04 Å². The van der Waals surface area contributed by atoms with Crippen LogP contribution in [0.2, 0.25) is 0 Å². The third kappa shape index (κ3) is 6.20. The molecule has 0 spiro atoms. The molecule has 0 aliphatic heterocycles. The summed E-state index contributed by atoms with van der Waals surface area (Å²) in [6.07, 6.45) is -0.755. The Bertz CT molecular complexity index is 167. The summed E-state index contributed by atoms with van der Waals surface area (Å²) in [4.78, 5) is 11.0. The summed E-state index contributed by atoms with van der Waals surface area (Å²) in [5.41, 5.74) is 5.49. The molecule has 14 heavy (non-hydrogen) atoms. The van der Waals surface area contributed by atoms with Gasteiger partial charge in [-0.1, -0.05) is 0 Å². The number of aliphatic hydroxyl groups is 2. The highest BCUT2D eigenvalue weighted by molar-refractivity contribution is 7.99. The molecule has 0 saturated heterocycles. The fraction of sp³-hybridized carbons (Fsp3) is 0.875. The Labute approximate surface area is 87.6 Å². The van der Waals surface area contributed by atoms with Crippen molar-refractivity contribution in [2.24, 2.45) is 5.73 Å². The van der Waals surface area contributed by atoms with Crippen LogP contribution in [0.4, 0.5) is 0 Å². The predicted octanol–water partition coefficient (Wildman–Crippen LogP) is -1.04. The number of esters is 1. The van der Waals surface area contributed by atoms with E-state index in [0.29, 0.717) is 18.1 Å². The third-order valence-corrected chi connectivity index (χ3v) is 2.62. The molecule has 0 aliphatic rings. The third-order valence-electron chi connectivity index (χ3n) is 1.41. The molecule has 0 aromatic rings. The molecule has 0 heterocycles. The second-order valence-corrected chi connectivity index (χ2v) is 3.81. The van der Waals surface area contributed by atoms with Crippen LogP contribution >= 0.6 is 11.8 Å². The zero-order valence-corrected chi connectivity index (χ0v) is 9.00. The van der Waals surface area contributed by atoms with Gasteiger partial charge in [0.25, 0.3) is 0 Å². The topological polar surface area (TPSA) is 92.8 Å². The van der Waals surface area contributed by atoms with Crippen molar-refractivity contribution >= 4 is 17.7 Å². The van der Waals surface area contributed by atoms with Crippen LogP contribution in [0.25, 0.3) is 0 Å². The molecule has 2 unspecified atom stereocenters. The molecule has 0 radical (unpaired) electrons. The van der Waals surface area contributed by atoms with Crippen LogP contribution in [-0.4, -0.2) is 53.0 Å². The zero-order valence-electron chi connectivity index (χ0n) is 8.18. The Balaban J connectivity index is 3.52. The van der Waals surface area contributed by atoms with Crippen molar-refractivity contribution < 1.29 is 19.7 Å². The van der Waals surface area contributed by atoms with Gasteiger partial charge >= 0.3 is 5.97 Å². The Morgan fingerprint density at radius 2 is 2.21 bits per heavy atom. The Morgan fingerprint density at radius 1 is 1.57 bits per heavy atom. The summed E-state index contributed by atoms with van der Waals surface area (Å²) in [7, 11) is 0. The summed E-state index contributed by atoms with van der Waals surface area (Å²) >= 11 is 1.31. The smallest absolute Gasteiger partial charge is 0.323 e. The lowest BCUT2D eigenvalue weighted by Crippen LogP contribution is -2.35. The Kier molecular flexibility index (Phi) is 7.87. The average Bonchev–Trinajstić information content (AvgIpc) is 2.17. The molecular formula is C8H17NO4S. The number of ether oxygens (including phenoxy) is 1. The minimum absolute atomic E-state index is 0.276. The Hall–Kier alpha value is -0.300. The van der Waals surface area contributed by atoms with Crippen molar-refractivity contribution in [3.8, 4) is 0 Å². The summed E-state index contributed by atoms with van der Waals surface area (Å²) < 4.78 is 4.70. The van der Waals surface area contributed by atoms with Crippen molar-refractivity contribution in [3.63, 3.8) is 0 Å². The van der Waals surface area contributed by atoms with E-state index in [1.54, 1.807) is 6.92 Å². The number of hydrogen-bond donors (Lipinski definition) is 3. The lowest BCUT2D eigenvalue weighted by atomic mass is 10.4. The lowest BCUT2D eigenvalue weighted by molar-refractivity contribution is -0.144. The number of nitrogens with two attached hydrogens (primary N) is 1. The van der Waals surface area contributed by atoms with Crippen molar-refractivity contribution in [3.05, 3.63) is 0 Å². The average molecular weight is 223 g/mol. The molecule has 0 rings (SSSR count). The highest BCUT2D eigenvalue weighted by atomic mass is 32.2. The zero-order chi connectivity index (χ0) is 11.0. The number of thioether (sulfide) groups is 1. The van der Waals surface area contributed by atoms with Gasteiger partial charge in [-0.15, -0.1) is 0 Å². The molecule has 2 atom stereocenters. The van der Waals surface area contributed by atoms with Gasteiger partial charge in [-0.25, -0.2) is 0 Å². The summed E-state index contributed by atoms with van der Waals surface area (Å²) in [5, 5.41) is 17.5. The molecule has 0 saturated carbocycles. The number of carbonyl (C=O) groups is 1. The first kappa shape index (κ1) is 13.7. The first-order valence-corrected chi connectivity index (χ1v) is 5.56. The van der Waals surface area contributed by atoms with Crippen LogP contribution in [0.1, 0.15) is 6.92 Å². The predicted molar refractivity (Wildman–Crippen MR) is 55.0 cm³/mol. The normalized spacial score (nSPS) is 14.9. The summed E-state index contributed by atoms with van der Waals surface area (Å²) in [6.45, 7) is 1.76. The van der Waals surface area contributed by atoms with E-state index in [-0.39, 0.29) is 6.61 Å². The van der Waals surface area contributed by atoms with Gasteiger partial charge in [-0.05, 0) is 6.92 Å². The molecule has 84 valence electrons. The van der Waals surface area contributed by atoms with E-state index in [9.17, 15) is 4.79 Å².